The van der Waals surface area contributed by atoms with Crippen LogP contribution in [0, 0.1) is 5.92 Å². The second kappa shape index (κ2) is 6.14. The van der Waals surface area contributed by atoms with Crippen LogP contribution in [0.2, 0.25) is 0 Å². The topological polar surface area (TPSA) is 47.0 Å². The molecule has 1 aromatic rings. The van der Waals surface area contributed by atoms with E-state index in [1.165, 1.54) is 0 Å². The van der Waals surface area contributed by atoms with Crippen LogP contribution >= 0.6 is 0 Å². The molecule has 0 amide bonds. The summed E-state index contributed by atoms with van der Waals surface area (Å²) in [7, 11) is 1.87. The van der Waals surface area contributed by atoms with Crippen molar-refractivity contribution >= 4 is 5.82 Å². The molecule has 0 spiro atoms. The highest BCUT2D eigenvalue weighted by Gasteiger charge is 2.25. The summed E-state index contributed by atoms with van der Waals surface area (Å²) in [5.74, 6) is 2.17. The Morgan fingerprint density at radius 1 is 1.33 bits per heavy atom. The Morgan fingerprint density at radius 3 is 2.50 bits per heavy atom. The standard InChI is InChI=1S/C14H25N3O/c1-7-18-14(4,5)13-16-11(8-10(2)3)9-12(15-6)17-13/h9-10H,7-8H2,1-6H3,(H,15,16,17). The largest absolute Gasteiger partial charge is 0.373 e. The lowest BCUT2D eigenvalue weighted by atomic mass is 10.1. The first-order valence-corrected chi connectivity index (χ1v) is 6.59. The first kappa shape index (κ1) is 14.9. The molecule has 0 aromatic carbocycles. The van der Waals surface area contributed by atoms with Gasteiger partial charge in [-0.1, -0.05) is 13.8 Å². The van der Waals surface area contributed by atoms with Crippen molar-refractivity contribution in [2.75, 3.05) is 19.0 Å². The molecule has 0 saturated heterocycles. The van der Waals surface area contributed by atoms with E-state index in [4.69, 9.17) is 4.74 Å². The second-order valence-corrected chi connectivity index (χ2v) is 5.36. The number of nitrogens with zero attached hydrogens (tertiary/aromatic N) is 2. The Bertz CT molecular complexity index is 389. The van der Waals surface area contributed by atoms with E-state index in [9.17, 15) is 0 Å². The van der Waals surface area contributed by atoms with Crippen LogP contribution in [0.4, 0.5) is 5.82 Å². The zero-order valence-corrected chi connectivity index (χ0v) is 12.4. The Balaban J connectivity index is 3.11. The van der Waals surface area contributed by atoms with Crippen molar-refractivity contribution in [3.63, 3.8) is 0 Å². The maximum Gasteiger partial charge on any atom is 0.162 e. The van der Waals surface area contributed by atoms with Crippen LogP contribution < -0.4 is 5.32 Å². The fraction of sp³-hybridized carbons (Fsp3) is 0.714. The highest BCUT2D eigenvalue weighted by molar-refractivity contribution is 5.36. The highest BCUT2D eigenvalue weighted by atomic mass is 16.5. The molecule has 18 heavy (non-hydrogen) atoms. The quantitative estimate of drug-likeness (QED) is 0.844. The van der Waals surface area contributed by atoms with E-state index in [2.05, 4.69) is 29.1 Å². The molecule has 0 aliphatic rings. The fourth-order valence-corrected chi connectivity index (χ4v) is 1.84. The van der Waals surface area contributed by atoms with Crippen molar-refractivity contribution < 1.29 is 4.74 Å². The molecule has 102 valence electrons. The summed E-state index contributed by atoms with van der Waals surface area (Å²) in [6.45, 7) is 11.0. The molecule has 1 aromatic heterocycles. The third-order valence-corrected chi connectivity index (χ3v) is 2.70. The van der Waals surface area contributed by atoms with E-state index in [0.717, 1.165) is 23.8 Å². The first-order chi connectivity index (χ1) is 8.39. The molecule has 0 bridgehead atoms. The molecule has 0 radical (unpaired) electrons. The van der Waals surface area contributed by atoms with Gasteiger partial charge in [0.1, 0.15) is 11.4 Å². The fourth-order valence-electron chi connectivity index (χ4n) is 1.84. The summed E-state index contributed by atoms with van der Waals surface area (Å²) in [5.41, 5.74) is 0.611. The van der Waals surface area contributed by atoms with Crippen LogP contribution in [0.15, 0.2) is 6.07 Å². The zero-order chi connectivity index (χ0) is 13.8. The summed E-state index contributed by atoms with van der Waals surface area (Å²) in [6.07, 6.45) is 0.951. The van der Waals surface area contributed by atoms with Gasteiger partial charge < -0.3 is 10.1 Å². The Hall–Kier alpha value is -1.16. The number of anilines is 1. The van der Waals surface area contributed by atoms with Gasteiger partial charge in [0.2, 0.25) is 0 Å². The molecular weight excluding hydrogens is 226 g/mol. The lowest BCUT2D eigenvalue weighted by Gasteiger charge is -2.24. The van der Waals surface area contributed by atoms with Crippen molar-refractivity contribution in [3.8, 4) is 0 Å². The number of rotatable bonds is 6. The smallest absolute Gasteiger partial charge is 0.162 e. The van der Waals surface area contributed by atoms with Gasteiger partial charge in [-0.15, -0.1) is 0 Å². The van der Waals surface area contributed by atoms with Gasteiger partial charge in [-0.3, -0.25) is 0 Å². The molecule has 0 atom stereocenters. The monoisotopic (exact) mass is 251 g/mol. The lowest BCUT2D eigenvalue weighted by molar-refractivity contribution is -0.0208. The third kappa shape index (κ3) is 3.95. The number of ether oxygens (including phenoxy) is 1. The van der Waals surface area contributed by atoms with Crippen molar-refractivity contribution in [3.05, 3.63) is 17.6 Å². The van der Waals surface area contributed by atoms with E-state index in [1.54, 1.807) is 0 Å². The molecule has 4 heteroatoms. The van der Waals surface area contributed by atoms with Gasteiger partial charge in [-0.2, -0.15) is 0 Å². The van der Waals surface area contributed by atoms with Gasteiger partial charge in [0, 0.05) is 25.4 Å². The third-order valence-electron chi connectivity index (χ3n) is 2.70. The average molecular weight is 251 g/mol. The zero-order valence-electron chi connectivity index (χ0n) is 12.4. The van der Waals surface area contributed by atoms with Gasteiger partial charge in [0.05, 0.1) is 0 Å². The maximum atomic E-state index is 5.72. The van der Waals surface area contributed by atoms with Crippen LogP contribution in [0.1, 0.15) is 46.1 Å². The summed E-state index contributed by atoms with van der Waals surface area (Å²) < 4.78 is 5.72. The lowest BCUT2D eigenvalue weighted by Crippen LogP contribution is -2.26. The molecule has 0 aliphatic carbocycles. The van der Waals surface area contributed by atoms with Gasteiger partial charge in [-0.05, 0) is 33.1 Å². The van der Waals surface area contributed by atoms with Crippen molar-refractivity contribution in [1.82, 2.24) is 9.97 Å². The molecule has 0 fully saturated rings. The van der Waals surface area contributed by atoms with E-state index in [0.29, 0.717) is 12.5 Å². The van der Waals surface area contributed by atoms with Crippen LogP contribution in [-0.2, 0) is 16.8 Å². The minimum atomic E-state index is -0.451. The predicted octanol–water partition coefficient (Wildman–Crippen LogP) is 2.99. The molecule has 0 aliphatic heterocycles. The number of nitrogens with one attached hydrogen (secondary N) is 1. The van der Waals surface area contributed by atoms with E-state index < -0.39 is 5.60 Å². The first-order valence-electron chi connectivity index (χ1n) is 6.59. The Labute approximate surface area is 110 Å². The van der Waals surface area contributed by atoms with Crippen molar-refractivity contribution in [2.24, 2.45) is 5.92 Å². The number of aromatic nitrogens is 2. The van der Waals surface area contributed by atoms with E-state index in [1.807, 2.05) is 33.9 Å². The molecule has 4 nitrogen and oxygen atoms in total. The second-order valence-electron chi connectivity index (χ2n) is 5.36. The van der Waals surface area contributed by atoms with Crippen LogP contribution in [0.3, 0.4) is 0 Å². The minimum absolute atomic E-state index is 0.451. The predicted molar refractivity (Wildman–Crippen MR) is 74.8 cm³/mol. The summed E-state index contributed by atoms with van der Waals surface area (Å²) in [6, 6.07) is 2.01. The van der Waals surface area contributed by atoms with Gasteiger partial charge in [-0.25, -0.2) is 9.97 Å². The Morgan fingerprint density at radius 2 is 2.00 bits per heavy atom. The van der Waals surface area contributed by atoms with Gasteiger partial charge in [0.25, 0.3) is 0 Å². The molecule has 0 unspecified atom stereocenters. The van der Waals surface area contributed by atoms with E-state index >= 15 is 0 Å². The molecular formula is C14H25N3O. The van der Waals surface area contributed by atoms with Gasteiger partial charge >= 0.3 is 0 Å². The normalized spacial score (nSPS) is 11.9. The number of hydrogen-bond acceptors (Lipinski definition) is 4. The minimum Gasteiger partial charge on any atom is -0.373 e. The Kier molecular flexibility index (Phi) is 5.08. The van der Waals surface area contributed by atoms with Crippen LogP contribution in [-0.4, -0.2) is 23.6 Å². The van der Waals surface area contributed by atoms with Crippen molar-refractivity contribution in [2.45, 2.75) is 46.6 Å². The SMILES string of the molecule is CCOC(C)(C)c1nc(CC(C)C)cc(NC)n1. The highest BCUT2D eigenvalue weighted by Crippen LogP contribution is 2.23. The van der Waals surface area contributed by atoms with Gasteiger partial charge in [0.15, 0.2) is 5.82 Å². The average Bonchev–Trinajstić information content (AvgIpc) is 2.27. The summed E-state index contributed by atoms with van der Waals surface area (Å²) >= 11 is 0. The van der Waals surface area contributed by atoms with Crippen molar-refractivity contribution in [1.29, 1.82) is 0 Å². The summed E-state index contributed by atoms with van der Waals surface area (Å²) in [5, 5.41) is 3.09. The molecule has 1 N–H and O–H groups in total. The summed E-state index contributed by atoms with van der Waals surface area (Å²) in [4.78, 5) is 9.14. The van der Waals surface area contributed by atoms with Crippen LogP contribution in [0.25, 0.3) is 0 Å². The van der Waals surface area contributed by atoms with E-state index in [-0.39, 0.29) is 0 Å². The molecule has 0 saturated carbocycles. The number of hydrogen-bond donors (Lipinski definition) is 1. The maximum absolute atomic E-state index is 5.72. The molecule has 1 heterocycles. The van der Waals surface area contributed by atoms with Crippen LogP contribution in [0.5, 0.6) is 0 Å². The molecule has 1 rings (SSSR count).